The van der Waals surface area contributed by atoms with Gasteiger partial charge in [0.25, 0.3) is 0 Å². The first kappa shape index (κ1) is 21.4. The summed E-state index contributed by atoms with van der Waals surface area (Å²) in [5, 5.41) is 9.88. The summed E-state index contributed by atoms with van der Waals surface area (Å²) in [4.78, 5) is 24.0. The molecule has 1 N–H and O–H groups in total. The molecule has 1 saturated carbocycles. The van der Waals surface area contributed by atoms with Gasteiger partial charge in [0.1, 0.15) is 12.2 Å². The topological polar surface area (TPSA) is 72.8 Å². The Morgan fingerprint density at radius 2 is 1.96 bits per heavy atom. The van der Waals surface area contributed by atoms with Gasteiger partial charge in [-0.15, -0.1) is 0 Å². The standard InChI is InChI=1S/C23H36O5/c1-13(2)23(26)28-20-10-14(3)9-16-6-5-15(4)19(22(16)20)8-7-18-11-17(24)12-21(25)27-18/h5-6,13-20,22,24H,7-12H2,1-4H3. The molecule has 2 aliphatic carbocycles. The molecule has 0 aromatic heterocycles. The molecule has 5 heteroatoms. The molecule has 1 aliphatic heterocycles. The van der Waals surface area contributed by atoms with Crippen molar-refractivity contribution in [3.63, 3.8) is 0 Å². The fourth-order valence-electron chi connectivity index (χ4n) is 5.44. The van der Waals surface area contributed by atoms with Gasteiger partial charge >= 0.3 is 11.9 Å². The van der Waals surface area contributed by atoms with Crippen LogP contribution in [0.1, 0.15) is 66.2 Å². The number of rotatable bonds is 5. The van der Waals surface area contributed by atoms with Gasteiger partial charge in [-0.25, -0.2) is 0 Å². The minimum atomic E-state index is -0.585. The van der Waals surface area contributed by atoms with E-state index >= 15 is 0 Å². The molecule has 28 heavy (non-hydrogen) atoms. The molecule has 0 amide bonds. The van der Waals surface area contributed by atoms with Gasteiger partial charge in [-0.1, -0.05) is 39.8 Å². The normalized spacial score (nSPS) is 40.7. The molecule has 0 spiro atoms. The quantitative estimate of drug-likeness (QED) is 0.568. The lowest BCUT2D eigenvalue weighted by atomic mass is 9.60. The second-order valence-corrected chi connectivity index (χ2v) is 9.64. The van der Waals surface area contributed by atoms with Crippen molar-refractivity contribution in [1.82, 2.24) is 0 Å². The zero-order chi connectivity index (χ0) is 20.4. The molecule has 0 bridgehead atoms. The summed E-state index contributed by atoms with van der Waals surface area (Å²) in [5.41, 5.74) is 0. The van der Waals surface area contributed by atoms with E-state index in [1.165, 1.54) is 0 Å². The third-order valence-corrected chi connectivity index (χ3v) is 6.86. The molecular weight excluding hydrogens is 356 g/mol. The predicted molar refractivity (Wildman–Crippen MR) is 106 cm³/mol. The van der Waals surface area contributed by atoms with Crippen LogP contribution >= 0.6 is 0 Å². The monoisotopic (exact) mass is 392 g/mol. The molecule has 158 valence electrons. The smallest absolute Gasteiger partial charge is 0.308 e. The highest BCUT2D eigenvalue weighted by atomic mass is 16.5. The molecule has 8 unspecified atom stereocenters. The Labute approximate surface area is 168 Å². The van der Waals surface area contributed by atoms with Crippen LogP contribution in [-0.2, 0) is 19.1 Å². The van der Waals surface area contributed by atoms with Gasteiger partial charge in [0.15, 0.2) is 0 Å². The molecule has 3 aliphatic rings. The van der Waals surface area contributed by atoms with Crippen molar-refractivity contribution >= 4 is 11.9 Å². The summed E-state index contributed by atoms with van der Waals surface area (Å²) in [6, 6.07) is 0. The van der Waals surface area contributed by atoms with Gasteiger partial charge in [-0.3, -0.25) is 9.59 Å². The number of aliphatic hydroxyl groups is 1. The Bertz CT molecular complexity index is 598. The second-order valence-electron chi connectivity index (χ2n) is 9.64. The van der Waals surface area contributed by atoms with Crippen LogP contribution in [0.25, 0.3) is 0 Å². The number of esters is 2. The van der Waals surface area contributed by atoms with E-state index in [0.29, 0.717) is 36.0 Å². The van der Waals surface area contributed by atoms with E-state index in [2.05, 4.69) is 26.0 Å². The molecule has 0 aromatic carbocycles. The highest BCUT2D eigenvalue weighted by Gasteiger charge is 2.45. The van der Waals surface area contributed by atoms with Crippen molar-refractivity contribution in [2.24, 2.45) is 35.5 Å². The summed E-state index contributed by atoms with van der Waals surface area (Å²) in [6.07, 6.45) is 8.19. The number of ether oxygens (including phenoxy) is 2. The zero-order valence-electron chi connectivity index (χ0n) is 17.7. The van der Waals surface area contributed by atoms with Crippen LogP contribution in [0.15, 0.2) is 12.2 Å². The largest absolute Gasteiger partial charge is 0.462 e. The third-order valence-electron chi connectivity index (χ3n) is 6.86. The van der Waals surface area contributed by atoms with E-state index in [4.69, 9.17) is 9.47 Å². The molecule has 0 aromatic rings. The average Bonchev–Trinajstić information content (AvgIpc) is 2.60. The summed E-state index contributed by atoms with van der Waals surface area (Å²) in [5.74, 6) is 1.58. The maximum Gasteiger partial charge on any atom is 0.308 e. The Morgan fingerprint density at radius 1 is 1.21 bits per heavy atom. The lowest BCUT2D eigenvalue weighted by Crippen LogP contribution is -2.46. The SMILES string of the molecule is CC1CC2C=CC(C)C(CCC3CC(O)CC(=O)O3)C2C(OC(=O)C(C)C)C1. The van der Waals surface area contributed by atoms with Gasteiger partial charge in [0.2, 0.25) is 0 Å². The van der Waals surface area contributed by atoms with Crippen LogP contribution < -0.4 is 0 Å². The van der Waals surface area contributed by atoms with E-state index in [1.807, 2.05) is 13.8 Å². The van der Waals surface area contributed by atoms with Crippen LogP contribution in [0.3, 0.4) is 0 Å². The Kier molecular flexibility index (Phi) is 6.85. The van der Waals surface area contributed by atoms with E-state index < -0.39 is 6.10 Å². The van der Waals surface area contributed by atoms with Crippen LogP contribution in [0.4, 0.5) is 0 Å². The Balaban J connectivity index is 1.71. The summed E-state index contributed by atoms with van der Waals surface area (Å²) < 4.78 is 11.5. The number of carbonyl (C=O) groups is 2. The van der Waals surface area contributed by atoms with Crippen molar-refractivity contribution in [3.05, 3.63) is 12.2 Å². The van der Waals surface area contributed by atoms with E-state index in [9.17, 15) is 14.7 Å². The first-order valence-corrected chi connectivity index (χ1v) is 11.0. The van der Waals surface area contributed by atoms with Crippen molar-refractivity contribution in [2.45, 2.75) is 84.5 Å². The number of allylic oxidation sites excluding steroid dienone is 2. The van der Waals surface area contributed by atoms with E-state index in [-0.39, 0.29) is 36.5 Å². The van der Waals surface area contributed by atoms with Crippen molar-refractivity contribution < 1.29 is 24.2 Å². The predicted octanol–water partition coefficient (Wildman–Crippen LogP) is 3.89. The zero-order valence-corrected chi connectivity index (χ0v) is 17.7. The summed E-state index contributed by atoms with van der Waals surface area (Å²) in [6.45, 7) is 8.25. The highest BCUT2D eigenvalue weighted by Crippen LogP contribution is 2.48. The first-order valence-electron chi connectivity index (χ1n) is 11.0. The number of cyclic esters (lactones) is 1. The lowest BCUT2D eigenvalue weighted by molar-refractivity contribution is -0.165. The highest BCUT2D eigenvalue weighted by molar-refractivity contribution is 5.71. The van der Waals surface area contributed by atoms with Gasteiger partial charge < -0.3 is 14.6 Å². The fourth-order valence-corrected chi connectivity index (χ4v) is 5.44. The number of aliphatic hydroxyl groups excluding tert-OH is 1. The first-order chi connectivity index (χ1) is 13.2. The fraction of sp³-hybridized carbons (Fsp3) is 0.826. The van der Waals surface area contributed by atoms with Crippen molar-refractivity contribution in [3.8, 4) is 0 Å². The minimum absolute atomic E-state index is 0.0412. The number of hydrogen-bond donors (Lipinski definition) is 1. The van der Waals surface area contributed by atoms with E-state index in [0.717, 1.165) is 25.7 Å². The second kappa shape index (κ2) is 8.98. The summed E-state index contributed by atoms with van der Waals surface area (Å²) in [7, 11) is 0. The maximum absolute atomic E-state index is 12.3. The molecule has 2 fully saturated rings. The number of carbonyl (C=O) groups excluding carboxylic acids is 2. The van der Waals surface area contributed by atoms with Crippen molar-refractivity contribution in [2.75, 3.05) is 0 Å². The lowest BCUT2D eigenvalue weighted by Gasteiger charge is -2.47. The third kappa shape index (κ3) is 4.97. The molecule has 5 nitrogen and oxygen atoms in total. The Hall–Kier alpha value is -1.36. The van der Waals surface area contributed by atoms with Gasteiger partial charge in [-0.2, -0.15) is 0 Å². The van der Waals surface area contributed by atoms with Gasteiger partial charge in [0.05, 0.1) is 18.4 Å². The molecule has 1 saturated heterocycles. The number of fused-ring (bicyclic) bond motifs is 1. The van der Waals surface area contributed by atoms with Crippen LogP contribution in [0, 0.1) is 35.5 Å². The van der Waals surface area contributed by atoms with Crippen molar-refractivity contribution in [1.29, 1.82) is 0 Å². The molecular formula is C23H36O5. The van der Waals surface area contributed by atoms with Gasteiger partial charge in [-0.05, 0) is 49.4 Å². The average molecular weight is 393 g/mol. The Morgan fingerprint density at radius 3 is 2.64 bits per heavy atom. The minimum Gasteiger partial charge on any atom is -0.462 e. The molecule has 0 radical (unpaired) electrons. The number of hydrogen-bond acceptors (Lipinski definition) is 5. The van der Waals surface area contributed by atoms with Crippen LogP contribution in [-0.4, -0.2) is 35.4 Å². The van der Waals surface area contributed by atoms with Crippen LogP contribution in [0.2, 0.25) is 0 Å². The van der Waals surface area contributed by atoms with E-state index in [1.54, 1.807) is 0 Å². The van der Waals surface area contributed by atoms with Gasteiger partial charge in [0, 0.05) is 12.3 Å². The molecule has 1 heterocycles. The molecule has 8 atom stereocenters. The summed E-state index contributed by atoms with van der Waals surface area (Å²) >= 11 is 0. The molecule has 3 rings (SSSR count). The van der Waals surface area contributed by atoms with Crippen LogP contribution in [0.5, 0.6) is 0 Å². The maximum atomic E-state index is 12.3.